The Labute approximate surface area is 275 Å². The third kappa shape index (κ3) is 6.00. The van der Waals surface area contributed by atoms with E-state index in [0.29, 0.717) is 16.6 Å². The Kier molecular flexibility index (Phi) is 8.92. The first kappa shape index (κ1) is 30.7. The fraction of sp³-hybridized carbons (Fsp3) is 0.156. The summed E-state index contributed by atoms with van der Waals surface area (Å²) in [6.07, 6.45) is -0.992. The van der Waals surface area contributed by atoms with Gasteiger partial charge in [0.1, 0.15) is 17.8 Å². The van der Waals surface area contributed by atoms with Gasteiger partial charge in [0.25, 0.3) is 5.91 Å². The van der Waals surface area contributed by atoms with Gasteiger partial charge in [-0.3, -0.25) is 4.79 Å². The largest absolute Gasteiger partial charge is 0.451 e. The van der Waals surface area contributed by atoms with E-state index in [1.165, 1.54) is 6.33 Å². The van der Waals surface area contributed by atoms with Crippen molar-refractivity contribution in [1.29, 1.82) is 0 Å². The summed E-state index contributed by atoms with van der Waals surface area (Å²) in [5, 5.41) is 7.20. The summed E-state index contributed by atoms with van der Waals surface area (Å²) in [6.45, 7) is 0. The number of hydrogen-bond acceptors (Lipinski definition) is 9. The van der Waals surface area contributed by atoms with E-state index >= 15 is 0 Å². The number of halogens is 1. The van der Waals surface area contributed by atoms with Crippen LogP contribution in [0.3, 0.4) is 0 Å². The molecule has 1 aliphatic rings. The summed E-state index contributed by atoms with van der Waals surface area (Å²) < 4.78 is 20.0. The molecule has 13 nitrogen and oxygen atoms in total. The summed E-state index contributed by atoms with van der Waals surface area (Å²) in [5.41, 5.74) is 9.05. The molecule has 1 aliphatic heterocycles. The number of rotatable bonds is 9. The van der Waals surface area contributed by atoms with Crippen molar-refractivity contribution in [3.05, 3.63) is 137 Å². The number of ether oxygens (including phenoxy) is 3. The fourth-order valence-corrected chi connectivity index (χ4v) is 5.87. The maximum absolute atomic E-state index is 13.4. The molecule has 0 unspecified atom stereocenters. The Morgan fingerprint density at radius 1 is 0.891 bits per heavy atom. The smallest absolute Gasteiger partial charge is 0.338 e. The van der Waals surface area contributed by atoms with E-state index in [0.717, 1.165) is 0 Å². The van der Waals surface area contributed by atoms with Crippen molar-refractivity contribution in [3.8, 4) is 0 Å². The highest BCUT2D eigenvalue weighted by molar-refractivity contribution is 14.1. The second-order valence-electron chi connectivity index (χ2n) is 10.1. The minimum Gasteiger partial charge on any atom is -0.451 e. The summed E-state index contributed by atoms with van der Waals surface area (Å²) in [6, 6.07) is 26.8. The summed E-state index contributed by atoms with van der Waals surface area (Å²) in [7, 11) is 0. The standard InChI is InChI=1S/C32H24IN7O6/c33-18-32(38-39-34)25(45-31(43)22-14-8-3-9-15-22)24(44-30(42)21-12-6-2-7-13-21)29(46-32)40-17-16-23-26(35-19-36-27(23)40)37-28(41)20-10-4-1-5-11-20/h1-17,19,24-25,29H,18H2,(H,35,36,37,41)/t24-,25+,29-,32-/m1/s1. The van der Waals surface area contributed by atoms with Crippen molar-refractivity contribution in [3.63, 3.8) is 0 Å². The molecule has 0 spiro atoms. The lowest BCUT2D eigenvalue weighted by Crippen LogP contribution is -2.47. The summed E-state index contributed by atoms with van der Waals surface area (Å²) in [5.74, 6) is -1.59. The van der Waals surface area contributed by atoms with Gasteiger partial charge >= 0.3 is 11.9 Å². The van der Waals surface area contributed by atoms with Gasteiger partial charge in [0, 0.05) is 21.1 Å². The molecule has 230 valence electrons. The van der Waals surface area contributed by atoms with Crippen molar-refractivity contribution in [2.24, 2.45) is 5.11 Å². The van der Waals surface area contributed by atoms with Gasteiger partial charge in [-0.25, -0.2) is 19.6 Å². The Morgan fingerprint density at radius 2 is 1.48 bits per heavy atom. The van der Waals surface area contributed by atoms with Crippen LogP contribution in [0, 0.1) is 0 Å². The lowest BCUT2D eigenvalue weighted by molar-refractivity contribution is -0.0859. The maximum atomic E-state index is 13.4. The van der Waals surface area contributed by atoms with E-state index in [1.807, 2.05) is 22.6 Å². The van der Waals surface area contributed by atoms with Gasteiger partial charge in [-0.05, 0) is 48.0 Å². The lowest BCUT2D eigenvalue weighted by atomic mass is 10.1. The van der Waals surface area contributed by atoms with Crippen molar-refractivity contribution < 1.29 is 28.6 Å². The van der Waals surface area contributed by atoms with Crippen molar-refractivity contribution in [2.45, 2.75) is 24.2 Å². The van der Waals surface area contributed by atoms with Crippen LogP contribution in [0.15, 0.2) is 115 Å². The van der Waals surface area contributed by atoms with E-state index in [4.69, 9.17) is 14.2 Å². The molecular formula is C32H24IN7O6. The minimum atomic E-state index is -1.78. The van der Waals surface area contributed by atoms with Gasteiger partial charge in [-0.1, -0.05) is 82.3 Å². The number of amides is 1. The molecule has 6 rings (SSSR count). The summed E-state index contributed by atoms with van der Waals surface area (Å²) in [4.78, 5) is 51.4. The number of alkyl halides is 1. The Bertz CT molecular complexity index is 1940. The zero-order valence-corrected chi connectivity index (χ0v) is 26.0. The van der Waals surface area contributed by atoms with E-state index in [-0.39, 0.29) is 27.3 Å². The highest BCUT2D eigenvalue weighted by Gasteiger charge is 2.60. The molecule has 1 fully saturated rings. The molecule has 46 heavy (non-hydrogen) atoms. The maximum Gasteiger partial charge on any atom is 0.338 e. The zero-order valence-electron chi connectivity index (χ0n) is 23.8. The molecule has 14 heteroatoms. The molecule has 3 aromatic carbocycles. The third-order valence-electron chi connectivity index (χ3n) is 7.30. The molecule has 0 saturated carbocycles. The van der Waals surface area contributed by atoms with E-state index in [1.54, 1.807) is 108 Å². The molecule has 0 radical (unpaired) electrons. The number of azide groups is 1. The molecule has 4 atom stereocenters. The Hall–Kier alpha value is -5.31. The third-order valence-corrected chi connectivity index (χ3v) is 8.39. The average molecular weight is 729 g/mol. The van der Waals surface area contributed by atoms with Crippen molar-refractivity contribution >= 4 is 57.3 Å². The molecule has 0 aliphatic carbocycles. The van der Waals surface area contributed by atoms with E-state index in [9.17, 15) is 19.9 Å². The monoisotopic (exact) mass is 729 g/mol. The first-order valence-corrected chi connectivity index (χ1v) is 15.5. The number of anilines is 1. The van der Waals surface area contributed by atoms with Crippen LogP contribution >= 0.6 is 22.6 Å². The van der Waals surface area contributed by atoms with E-state index < -0.39 is 36.1 Å². The summed E-state index contributed by atoms with van der Waals surface area (Å²) >= 11 is 1.96. The first-order valence-electron chi connectivity index (χ1n) is 13.9. The van der Waals surface area contributed by atoms with Gasteiger partial charge < -0.3 is 24.1 Å². The number of fused-ring (bicyclic) bond motifs is 1. The Morgan fingerprint density at radius 3 is 2.07 bits per heavy atom. The Balaban J connectivity index is 1.42. The minimum absolute atomic E-state index is 0.0318. The van der Waals surface area contributed by atoms with Crippen molar-refractivity contribution in [1.82, 2.24) is 14.5 Å². The molecular weight excluding hydrogens is 705 g/mol. The highest BCUT2D eigenvalue weighted by Crippen LogP contribution is 2.45. The van der Waals surface area contributed by atoms with Crippen LogP contribution in [0.2, 0.25) is 0 Å². The normalized spacial score (nSPS) is 20.4. The number of nitrogens with zero attached hydrogens (tertiary/aromatic N) is 6. The predicted octanol–water partition coefficient (Wildman–Crippen LogP) is 6.11. The number of nitrogens with one attached hydrogen (secondary N) is 1. The van der Waals surface area contributed by atoms with Crippen LogP contribution in [0.4, 0.5) is 5.82 Å². The van der Waals surface area contributed by atoms with Gasteiger partial charge in [-0.2, -0.15) is 0 Å². The van der Waals surface area contributed by atoms with Crippen LogP contribution < -0.4 is 5.32 Å². The van der Waals surface area contributed by atoms with E-state index in [2.05, 4.69) is 25.3 Å². The fourth-order valence-electron chi connectivity index (χ4n) is 5.10. The SMILES string of the molecule is [N-]=[N+]=N[C@]1(CI)O[C@@H](n2ccc3c(NC(=O)c4ccccc4)ncnc32)[C@H](OC(=O)c2ccccc2)[C@@H]1OC(=O)c1ccccc1. The molecule has 3 heterocycles. The average Bonchev–Trinajstić information content (AvgIpc) is 3.66. The topological polar surface area (TPSA) is 170 Å². The zero-order chi connectivity index (χ0) is 32.1. The van der Waals surface area contributed by atoms with Gasteiger partial charge in [-0.15, -0.1) is 0 Å². The van der Waals surface area contributed by atoms with Gasteiger partial charge in [0.15, 0.2) is 24.2 Å². The lowest BCUT2D eigenvalue weighted by Gasteiger charge is -2.28. The molecule has 5 aromatic rings. The van der Waals surface area contributed by atoms with Crippen LogP contribution in [0.5, 0.6) is 0 Å². The highest BCUT2D eigenvalue weighted by atomic mass is 127. The predicted molar refractivity (Wildman–Crippen MR) is 174 cm³/mol. The second kappa shape index (κ2) is 13.4. The second-order valence-corrected chi connectivity index (χ2v) is 10.9. The van der Waals surface area contributed by atoms with Crippen molar-refractivity contribution in [2.75, 3.05) is 9.74 Å². The molecule has 0 bridgehead atoms. The van der Waals surface area contributed by atoms with Crippen LogP contribution in [-0.2, 0) is 14.2 Å². The van der Waals surface area contributed by atoms with Crippen LogP contribution in [-0.4, -0.2) is 54.7 Å². The molecule has 2 aromatic heterocycles. The number of benzene rings is 3. The van der Waals surface area contributed by atoms with Gasteiger partial charge in [0.05, 0.1) is 16.5 Å². The quantitative estimate of drug-likeness (QED) is 0.0474. The number of carbonyl (C=O) groups is 3. The number of hydrogen-bond donors (Lipinski definition) is 1. The number of esters is 2. The number of aromatic nitrogens is 3. The molecule has 1 saturated heterocycles. The number of carbonyl (C=O) groups excluding carboxylic acids is 3. The van der Waals surface area contributed by atoms with Crippen LogP contribution in [0.25, 0.3) is 21.5 Å². The van der Waals surface area contributed by atoms with Crippen LogP contribution in [0.1, 0.15) is 37.3 Å². The first-order chi connectivity index (χ1) is 22.4. The molecule has 1 amide bonds. The van der Waals surface area contributed by atoms with Gasteiger partial charge in [0.2, 0.25) is 0 Å². The molecule has 1 N–H and O–H groups in total.